The minimum atomic E-state index is 0.261. The number of hydrogen-bond acceptors (Lipinski definition) is 3. The van der Waals surface area contributed by atoms with Crippen LogP contribution in [0.4, 0.5) is 0 Å². The third-order valence-electron chi connectivity index (χ3n) is 3.30. The Bertz CT molecular complexity index is 158. The Hall–Kier alpha value is -0.120. The molecule has 15 heavy (non-hydrogen) atoms. The number of hydrogen-bond donors (Lipinski definition) is 1. The highest BCUT2D eigenvalue weighted by atomic mass is 16.5. The smallest absolute Gasteiger partial charge is 0.0693 e. The quantitative estimate of drug-likeness (QED) is 0.659. The molecule has 1 fully saturated rings. The molecule has 0 amide bonds. The van der Waals surface area contributed by atoms with Crippen molar-refractivity contribution in [2.24, 2.45) is 0 Å². The van der Waals surface area contributed by atoms with E-state index in [9.17, 15) is 0 Å². The average molecular weight is 215 g/mol. The molecule has 1 aliphatic carbocycles. The molecule has 0 radical (unpaired) electrons. The molecule has 2 unspecified atom stereocenters. The van der Waals surface area contributed by atoms with E-state index in [-0.39, 0.29) is 6.10 Å². The van der Waals surface area contributed by atoms with Crippen LogP contribution in [-0.4, -0.2) is 38.5 Å². The lowest BCUT2D eigenvalue weighted by Gasteiger charge is -2.20. The summed E-state index contributed by atoms with van der Waals surface area (Å²) in [5, 5.41) is 3.41. The first-order valence-electron chi connectivity index (χ1n) is 6.12. The van der Waals surface area contributed by atoms with Gasteiger partial charge in [-0.15, -0.1) is 0 Å². The van der Waals surface area contributed by atoms with E-state index in [4.69, 9.17) is 9.47 Å². The van der Waals surface area contributed by atoms with Gasteiger partial charge in [0.2, 0.25) is 0 Å². The highest BCUT2D eigenvalue weighted by Crippen LogP contribution is 2.20. The summed E-state index contributed by atoms with van der Waals surface area (Å²) in [7, 11) is 1.75. The van der Waals surface area contributed by atoms with Gasteiger partial charge in [0.15, 0.2) is 0 Å². The van der Waals surface area contributed by atoms with Crippen molar-refractivity contribution in [2.75, 3.05) is 20.3 Å². The summed E-state index contributed by atoms with van der Waals surface area (Å²) in [6, 6.07) is 0.391. The summed E-state index contributed by atoms with van der Waals surface area (Å²) in [6.07, 6.45) is 5.98. The topological polar surface area (TPSA) is 30.5 Å². The van der Waals surface area contributed by atoms with Crippen LogP contribution in [0.1, 0.15) is 39.5 Å². The first-order chi connectivity index (χ1) is 7.24. The van der Waals surface area contributed by atoms with E-state index in [1.807, 2.05) is 0 Å². The lowest BCUT2D eigenvalue weighted by Crippen LogP contribution is -2.38. The second-order valence-electron chi connectivity index (χ2n) is 4.46. The van der Waals surface area contributed by atoms with E-state index < -0.39 is 0 Å². The van der Waals surface area contributed by atoms with Crippen molar-refractivity contribution in [3.05, 3.63) is 0 Å². The van der Waals surface area contributed by atoms with Crippen LogP contribution in [-0.2, 0) is 9.47 Å². The van der Waals surface area contributed by atoms with E-state index in [0.29, 0.717) is 12.1 Å². The Morgan fingerprint density at radius 2 is 1.93 bits per heavy atom. The maximum atomic E-state index is 5.76. The highest BCUT2D eigenvalue weighted by molar-refractivity contribution is 4.69. The average Bonchev–Trinajstić information content (AvgIpc) is 2.75. The molecule has 3 heteroatoms. The number of ether oxygens (including phenoxy) is 2. The zero-order chi connectivity index (χ0) is 11.1. The molecule has 90 valence electrons. The maximum Gasteiger partial charge on any atom is 0.0693 e. The Balaban J connectivity index is 1.96. The van der Waals surface area contributed by atoms with Gasteiger partial charge in [-0.2, -0.15) is 0 Å². The summed E-state index contributed by atoms with van der Waals surface area (Å²) in [5.41, 5.74) is 0. The van der Waals surface area contributed by atoms with Crippen molar-refractivity contribution in [3.8, 4) is 0 Å². The van der Waals surface area contributed by atoms with Crippen LogP contribution in [0, 0.1) is 0 Å². The predicted molar refractivity (Wildman–Crippen MR) is 62.1 cm³/mol. The second-order valence-corrected chi connectivity index (χ2v) is 4.46. The lowest BCUT2D eigenvalue weighted by molar-refractivity contribution is 0.0507. The molecular formula is C12H25NO2. The molecule has 1 aliphatic rings. The van der Waals surface area contributed by atoms with E-state index in [1.165, 1.54) is 25.7 Å². The van der Waals surface area contributed by atoms with E-state index in [1.54, 1.807) is 7.11 Å². The minimum Gasteiger partial charge on any atom is -0.380 e. The van der Waals surface area contributed by atoms with Gasteiger partial charge in [0, 0.05) is 19.7 Å². The zero-order valence-corrected chi connectivity index (χ0v) is 10.3. The highest BCUT2D eigenvalue weighted by Gasteiger charge is 2.15. The Morgan fingerprint density at radius 1 is 1.27 bits per heavy atom. The fourth-order valence-electron chi connectivity index (χ4n) is 1.94. The SMILES string of the molecule is COC(C)C(C)NCCOC1CCCC1. The van der Waals surface area contributed by atoms with Gasteiger partial charge >= 0.3 is 0 Å². The van der Waals surface area contributed by atoms with Gasteiger partial charge < -0.3 is 14.8 Å². The van der Waals surface area contributed by atoms with Gasteiger partial charge in [-0.25, -0.2) is 0 Å². The second kappa shape index (κ2) is 7.20. The normalized spacial score (nSPS) is 21.8. The molecule has 0 heterocycles. The van der Waals surface area contributed by atoms with Gasteiger partial charge in [0.1, 0.15) is 0 Å². The van der Waals surface area contributed by atoms with Gasteiger partial charge in [-0.05, 0) is 26.7 Å². The monoisotopic (exact) mass is 215 g/mol. The van der Waals surface area contributed by atoms with E-state index >= 15 is 0 Å². The molecular weight excluding hydrogens is 190 g/mol. The number of rotatable bonds is 7. The maximum absolute atomic E-state index is 5.76. The molecule has 0 spiro atoms. The van der Waals surface area contributed by atoms with Gasteiger partial charge in [-0.1, -0.05) is 12.8 Å². The fraction of sp³-hybridized carbons (Fsp3) is 1.00. The van der Waals surface area contributed by atoms with Crippen molar-refractivity contribution < 1.29 is 9.47 Å². The fourth-order valence-corrected chi connectivity index (χ4v) is 1.94. The molecule has 2 atom stereocenters. The van der Waals surface area contributed by atoms with Crippen molar-refractivity contribution in [3.63, 3.8) is 0 Å². The van der Waals surface area contributed by atoms with Gasteiger partial charge in [0.25, 0.3) is 0 Å². The summed E-state index contributed by atoms with van der Waals surface area (Å²) in [4.78, 5) is 0. The van der Waals surface area contributed by atoms with Gasteiger partial charge in [-0.3, -0.25) is 0 Å². The molecule has 0 aromatic rings. The predicted octanol–water partition coefficient (Wildman–Crippen LogP) is 1.96. The van der Waals surface area contributed by atoms with Crippen LogP contribution < -0.4 is 5.32 Å². The van der Waals surface area contributed by atoms with Gasteiger partial charge in [0.05, 0.1) is 18.8 Å². The Kier molecular flexibility index (Phi) is 6.22. The summed E-state index contributed by atoms with van der Waals surface area (Å²) < 4.78 is 11.0. The van der Waals surface area contributed by atoms with Crippen molar-refractivity contribution in [1.29, 1.82) is 0 Å². The standard InChI is InChI=1S/C12H25NO2/c1-10(11(2)14-3)13-8-9-15-12-6-4-5-7-12/h10-13H,4-9H2,1-3H3. The molecule has 0 bridgehead atoms. The van der Waals surface area contributed by atoms with Crippen LogP contribution in [0.15, 0.2) is 0 Å². The third-order valence-corrected chi connectivity index (χ3v) is 3.30. The van der Waals surface area contributed by atoms with Crippen molar-refractivity contribution in [1.82, 2.24) is 5.32 Å². The van der Waals surface area contributed by atoms with Crippen LogP contribution in [0.3, 0.4) is 0 Å². The number of nitrogens with one attached hydrogen (secondary N) is 1. The van der Waals surface area contributed by atoms with E-state index in [0.717, 1.165) is 13.2 Å². The molecule has 0 aromatic carbocycles. The molecule has 3 nitrogen and oxygen atoms in total. The lowest BCUT2D eigenvalue weighted by atomic mass is 10.2. The van der Waals surface area contributed by atoms with E-state index in [2.05, 4.69) is 19.2 Å². The molecule has 0 aliphatic heterocycles. The third kappa shape index (κ3) is 4.96. The van der Waals surface area contributed by atoms with Crippen molar-refractivity contribution in [2.45, 2.75) is 57.8 Å². The molecule has 0 aromatic heterocycles. The van der Waals surface area contributed by atoms with Crippen LogP contribution in [0.5, 0.6) is 0 Å². The Labute approximate surface area is 93.5 Å². The minimum absolute atomic E-state index is 0.261. The number of methoxy groups -OCH3 is 1. The van der Waals surface area contributed by atoms with Crippen molar-refractivity contribution >= 4 is 0 Å². The first-order valence-corrected chi connectivity index (χ1v) is 6.12. The summed E-state index contributed by atoms with van der Waals surface area (Å²) in [5.74, 6) is 0. The summed E-state index contributed by atoms with van der Waals surface area (Å²) >= 11 is 0. The molecule has 1 rings (SSSR count). The van der Waals surface area contributed by atoms with Crippen LogP contribution in [0.25, 0.3) is 0 Å². The van der Waals surface area contributed by atoms with Crippen LogP contribution in [0.2, 0.25) is 0 Å². The van der Waals surface area contributed by atoms with Crippen LogP contribution >= 0.6 is 0 Å². The zero-order valence-electron chi connectivity index (χ0n) is 10.3. The Morgan fingerprint density at radius 3 is 2.53 bits per heavy atom. The molecule has 0 saturated heterocycles. The molecule has 1 N–H and O–H groups in total. The molecule has 1 saturated carbocycles. The largest absolute Gasteiger partial charge is 0.380 e. The summed E-state index contributed by atoms with van der Waals surface area (Å²) in [6.45, 7) is 5.97. The first kappa shape index (κ1) is 12.9.